The number of methoxy groups -OCH3 is 1. The second-order valence-electron chi connectivity index (χ2n) is 5.37. The number of aliphatic hydroxyl groups excluding tert-OH is 1. The Hall–Kier alpha value is -0.200. The first-order chi connectivity index (χ1) is 7.86. The van der Waals surface area contributed by atoms with Gasteiger partial charge in [-0.05, 0) is 20.8 Å². The molecular formula is C12H22O5. The first kappa shape index (κ1) is 13.2. The Kier molecular flexibility index (Phi) is 3.25. The van der Waals surface area contributed by atoms with E-state index in [4.69, 9.17) is 18.9 Å². The molecule has 0 spiro atoms. The number of hydrogen-bond donors (Lipinski definition) is 1. The van der Waals surface area contributed by atoms with Crippen molar-refractivity contribution in [3.63, 3.8) is 0 Å². The molecule has 2 heterocycles. The molecule has 1 unspecified atom stereocenters. The van der Waals surface area contributed by atoms with E-state index >= 15 is 0 Å². The number of fused-ring (bicyclic) bond motifs is 1. The highest BCUT2D eigenvalue weighted by molar-refractivity contribution is 5.03. The van der Waals surface area contributed by atoms with Gasteiger partial charge in [0.1, 0.15) is 11.7 Å². The SMILES string of the molecule is COC(C)[C@@]1(CO)O[C@@H]2OC(C)(C)O[C@@H]2[C@@H]1C. The Morgan fingerprint density at radius 2 is 1.94 bits per heavy atom. The first-order valence-corrected chi connectivity index (χ1v) is 6.03. The van der Waals surface area contributed by atoms with Crippen LogP contribution in [0.4, 0.5) is 0 Å². The van der Waals surface area contributed by atoms with Crippen molar-refractivity contribution in [2.45, 2.75) is 57.6 Å². The van der Waals surface area contributed by atoms with Gasteiger partial charge in [0.2, 0.25) is 0 Å². The fourth-order valence-corrected chi connectivity index (χ4v) is 2.76. The van der Waals surface area contributed by atoms with Gasteiger partial charge in [-0.1, -0.05) is 6.92 Å². The average Bonchev–Trinajstić information content (AvgIpc) is 2.70. The van der Waals surface area contributed by atoms with E-state index in [1.54, 1.807) is 7.11 Å². The summed E-state index contributed by atoms with van der Waals surface area (Å²) in [5, 5.41) is 9.66. The van der Waals surface area contributed by atoms with Crippen molar-refractivity contribution in [2.24, 2.45) is 5.92 Å². The molecule has 5 atom stereocenters. The van der Waals surface area contributed by atoms with Crippen molar-refractivity contribution in [3.05, 3.63) is 0 Å². The number of aliphatic hydroxyl groups is 1. The summed E-state index contributed by atoms with van der Waals surface area (Å²) in [4.78, 5) is 0. The summed E-state index contributed by atoms with van der Waals surface area (Å²) in [7, 11) is 1.61. The van der Waals surface area contributed by atoms with Crippen LogP contribution in [0.1, 0.15) is 27.7 Å². The number of rotatable bonds is 3. The minimum atomic E-state index is -0.749. The Morgan fingerprint density at radius 1 is 1.29 bits per heavy atom. The molecule has 17 heavy (non-hydrogen) atoms. The third-order valence-corrected chi connectivity index (χ3v) is 3.98. The minimum Gasteiger partial charge on any atom is -0.393 e. The zero-order valence-electron chi connectivity index (χ0n) is 11.1. The zero-order chi connectivity index (χ0) is 12.8. The molecular weight excluding hydrogens is 224 g/mol. The Morgan fingerprint density at radius 3 is 2.41 bits per heavy atom. The smallest absolute Gasteiger partial charge is 0.188 e. The molecule has 2 aliphatic heterocycles. The van der Waals surface area contributed by atoms with E-state index < -0.39 is 17.7 Å². The maximum Gasteiger partial charge on any atom is 0.188 e. The molecule has 0 aromatic rings. The highest BCUT2D eigenvalue weighted by atomic mass is 16.8. The van der Waals surface area contributed by atoms with Crippen molar-refractivity contribution in [3.8, 4) is 0 Å². The van der Waals surface area contributed by atoms with E-state index in [0.29, 0.717) is 0 Å². The van der Waals surface area contributed by atoms with E-state index in [0.717, 1.165) is 0 Å². The van der Waals surface area contributed by atoms with Gasteiger partial charge in [-0.3, -0.25) is 0 Å². The third-order valence-electron chi connectivity index (χ3n) is 3.98. The van der Waals surface area contributed by atoms with Gasteiger partial charge in [-0.15, -0.1) is 0 Å². The summed E-state index contributed by atoms with van der Waals surface area (Å²) in [5.41, 5.74) is -0.749. The molecule has 2 rings (SSSR count). The van der Waals surface area contributed by atoms with Crippen LogP contribution >= 0.6 is 0 Å². The van der Waals surface area contributed by atoms with Gasteiger partial charge >= 0.3 is 0 Å². The fourth-order valence-electron chi connectivity index (χ4n) is 2.76. The predicted molar refractivity (Wildman–Crippen MR) is 60.4 cm³/mol. The molecule has 5 nitrogen and oxygen atoms in total. The Balaban J connectivity index is 2.21. The standard InChI is InChI=1S/C12H22O5/c1-7-9-10(16-11(3,4)15-9)17-12(7,6-13)8(2)14-5/h7-10,13H,6H2,1-5H3/t7-,8?,9+,10-,12-/m0/s1. The quantitative estimate of drug-likeness (QED) is 0.801. The third kappa shape index (κ3) is 1.90. The van der Waals surface area contributed by atoms with Crippen LogP contribution in [0.5, 0.6) is 0 Å². The van der Waals surface area contributed by atoms with Crippen LogP contribution in [0, 0.1) is 5.92 Å². The van der Waals surface area contributed by atoms with Gasteiger partial charge in [-0.25, -0.2) is 0 Å². The first-order valence-electron chi connectivity index (χ1n) is 6.03. The molecule has 0 saturated carbocycles. The molecule has 0 aliphatic carbocycles. The van der Waals surface area contributed by atoms with Crippen LogP contribution in [0.15, 0.2) is 0 Å². The minimum absolute atomic E-state index is 0.00854. The molecule has 0 aromatic heterocycles. The van der Waals surface area contributed by atoms with Gasteiger partial charge in [0.25, 0.3) is 0 Å². The van der Waals surface area contributed by atoms with E-state index in [2.05, 4.69) is 0 Å². The lowest BCUT2D eigenvalue weighted by Crippen LogP contribution is -2.51. The molecule has 2 saturated heterocycles. The van der Waals surface area contributed by atoms with Crippen LogP contribution < -0.4 is 0 Å². The van der Waals surface area contributed by atoms with E-state index in [-0.39, 0.29) is 24.7 Å². The summed E-state index contributed by atoms with van der Waals surface area (Å²) in [6, 6.07) is 0. The summed E-state index contributed by atoms with van der Waals surface area (Å²) in [6.07, 6.45) is -0.803. The number of ether oxygens (including phenoxy) is 4. The highest BCUT2D eigenvalue weighted by Crippen LogP contribution is 2.47. The van der Waals surface area contributed by atoms with Crippen LogP contribution in [-0.2, 0) is 18.9 Å². The molecule has 0 amide bonds. The lowest BCUT2D eigenvalue weighted by Gasteiger charge is -2.37. The molecule has 0 radical (unpaired) electrons. The van der Waals surface area contributed by atoms with Gasteiger partial charge in [0, 0.05) is 13.0 Å². The van der Waals surface area contributed by atoms with Crippen LogP contribution in [0.25, 0.3) is 0 Å². The second-order valence-corrected chi connectivity index (χ2v) is 5.37. The summed E-state index contributed by atoms with van der Waals surface area (Å²) >= 11 is 0. The number of hydrogen-bond acceptors (Lipinski definition) is 5. The van der Waals surface area contributed by atoms with E-state index in [1.807, 2.05) is 27.7 Å². The lowest BCUT2D eigenvalue weighted by atomic mass is 9.83. The van der Waals surface area contributed by atoms with Gasteiger partial charge < -0.3 is 24.1 Å². The van der Waals surface area contributed by atoms with Crippen LogP contribution in [-0.4, -0.2) is 48.7 Å². The molecule has 1 N–H and O–H groups in total. The average molecular weight is 246 g/mol. The monoisotopic (exact) mass is 246 g/mol. The van der Waals surface area contributed by atoms with Gasteiger partial charge in [0.15, 0.2) is 12.1 Å². The van der Waals surface area contributed by atoms with Crippen LogP contribution in [0.3, 0.4) is 0 Å². The Bertz CT molecular complexity index is 293. The molecule has 5 heteroatoms. The van der Waals surface area contributed by atoms with Crippen LogP contribution in [0.2, 0.25) is 0 Å². The topological polar surface area (TPSA) is 57.2 Å². The van der Waals surface area contributed by atoms with E-state index in [1.165, 1.54) is 0 Å². The molecule has 0 aromatic carbocycles. The van der Waals surface area contributed by atoms with Crippen molar-refractivity contribution < 1.29 is 24.1 Å². The predicted octanol–water partition coefficient (Wildman–Crippen LogP) is 0.896. The van der Waals surface area contributed by atoms with Crippen molar-refractivity contribution in [1.29, 1.82) is 0 Å². The summed E-state index contributed by atoms with van der Waals surface area (Å²) < 4.78 is 22.7. The second kappa shape index (κ2) is 4.17. The molecule has 2 fully saturated rings. The molecule has 2 aliphatic rings. The van der Waals surface area contributed by atoms with Gasteiger partial charge in [0.05, 0.1) is 12.7 Å². The maximum absolute atomic E-state index is 9.66. The highest BCUT2D eigenvalue weighted by Gasteiger charge is 2.61. The van der Waals surface area contributed by atoms with Crippen molar-refractivity contribution >= 4 is 0 Å². The van der Waals surface area contributed by atoms with E-state index in [9.17, 15) is 5.11 Å². The van der Waals surface area contributed by atoms with Crippen molar-refractivity contribution in [1.82, 2.24) is 0 Å². The molecule has 0 bridgehead atoms. The summed E-state index contributed by atoms with van der Waals surface area (Å²) in [5.74, 6) is -0.615. The summed E-state index contributed by atoms with van der Waals surface area (Å²) in [6.45, 7) is 7.51. The maximum atomic E-state index is 9.66. The molecule has 100 valence electrons. The lowest BCUT2D eigenvalue weighted by molar-refractivity contribution is -0.257. The Labute approximate surface area is 102 Å². The van der Waals surface area contributed by atoms with Crippen molar-refractivity contribution in [2.75, 3.05) is 13.7 Å². The fraction of sp³-hybridized carbons (Fsp3) is 1.00. The zero-order valence-corrected chi connectivity index (χ0v) is 11.1. The largest absolute Gasteiger partial charge is 0.393 e. The van der Waals surface area contributed by atoms with Gasteiger partial charge in [-0.2, -0.15) is 0 Å². The normalized spacial score (nSPS) is 45.9.